The molecule has 11 heavy (non-hydrogen) atoms. The maximum Gasteiger partial charge on any atom is -0.0388 e. The van der Waals surface area contributed by atoms with Crippen molar-refractivity contribution in [2.45, 2.75) is 52.9 Å². The van der Waals surface area contributed by atoms with Crippen LogP contribution in [0, 0.1) is 17.8 Å². The first-order valence-electron chi connectivity index (χ1n) is 5.27. The first-order chi connectivity index (χ1) is 5.27. The summed E-state index contributed by atoms with van der Waals surface area (Å²) in [5, 5.41) is 0. The van der Waals surface area contributed by atoms with E-state index in [1.165, 1.54) is 32.1 Å². The molecule has 0 heterocycles. The molecule has 0 spiro atoms. The molecule has 0 bridgehead atoms. The third kappa shape index (κ3) is 2.21. The number of hydrogen-bond donors (Lipinski definition) is 0. The zero-order valence-electron chi connectivity index (χ0n) is 8.27. The zero-order chi connectivity index (χ0) is 8.27. The van der Waals surface area contributed by atoms with Crippen molar-refractivity contribution in [3.05, 3.63) is 0 Å². The monoisotopic (exact) mass is 154 g/mol. The van der Waals surface area contributed by atoms with E-state index < -0.39 is 0 Å². The van der Waals surface area contributed by atoms with Crippen molar-refractivity contribution in [2.75, 3.05) is 0 Å². The normalized spacial score (nSPS) is 37.9. The molecule has 1 saturated carbocycles. The van der Waals surface area contributed by atoms with E-state index in [0.29, 0.717) is 0 Å². The molecule has 0 aromatic heterocycles. The molecular weight excluding hydrogens is 132 g/mol. The second-order valence-corrected chi connectivity index (χ2v) is 4.27. The maximum atomic E-state index is 2.43. The molecule has 0 aliphatic heterocycles. The highest BCUT2D eigenvalue weighted by atomic mass is 14.3. The van der Waals surface area contributed by atoms with Crippen molar-refractivity contribution < 1.29 is 0 Å². The maximum absolute atomic E-state index is 2.43. The molecule has 0 heteroatoms. The van der Waals surface area contributed by atoms with Crippen LogP contribution in [0.3, 0.4) is 0 Å². The number of hydrogen-bond acceptors (Lipinski definition) is 0. The van der Waals surface area contributed by atoms with Crippen molar-refractivity contribution in [3.8, 4) is 0 Å². The van der Waals surface area contributed by atoms with Crippen molar-refractivity contribution in [1.29, 1.82) is 0 Å². The van der Waals surface area contributed by atoms with Crippen LogP contribution in [0.15, 0.2) is 0 Å². The summed E-state index contributed by atoms with van der Waals surface area (Å²) in [6, 6.07) is 0. The Kier molecular flexibility index (Phi) is 3.42. The van der Waals surface area contributed by atoms with Gasteiger partial charge in [0.25, 0.3) is 0 Å². The average Bonchev–Trinajstić information content (AvgIpc) is 2.32. The van der Waals surface area contributed by atoms with Gasteiger partial charge in [0.05, 0.1) is 0 Å². The fourth-order valence-corrected chi connectivity index (χ4v) is 2.69. The van der Waals surface area contributed by atoms with Crippen LogP contribution < -0.4 is 0 Å². The molecular formula is C11H22. The molecule has 0 N–H and O–H groups in total. The molecule has 66 valence electrons. The largest absolute Gasteiger partial charge is 0.0654 e. The Bertz CT molecular complexity index is 107. The SMILES string of the molecule is CCCC1CC(C)C(CC)C1. The highest BCUT2D eigenvalue weighted by Gasteiger charge is 2.28. The van der Waals surface area contributed by atoms with E-state index in [9.17, 15) is 0 Å². The summed E-state index contributed by atoms with van der Waals surface area (Å²) >= 11 is 0. The van der Waals surface area contributed by atoms with E-state index in [2.05, 4.69) is 20.8 Å². The third-order valence-electron chi connectivity index (χ3n) is 3.37. The van der Waals surface area contributed by atoms with Gasteiger partial charge in [-0.05, 0) is 30.6 Å². The lowest BCUT2D eigenvalue weighted by Gasteiger charge is -2.10. The van der Waals surface area contributed by atoms with Crippen LogP contribution in [0.2, 0.25) is 0 Å². The summed E-state index contributed by atoms with van der Waals surface area (Å²) in [7, 11) is 0. The predicted molar refractivity (Wildman–Crippen MR) is 50.6 cm³/mol. The van der Waals surface area contributed by atoms with Crippen molar-refractivity contribution in [1.82, 2.24) is 0 Å². The summed E-state index contributed by atoms with van der Waals surface area (Å²) in [4.78, 5) is 0. The fraction of sp³-hybridized carbons (Fsp3) is 1.00. The molecule has 1 rings (SSSR count). The molecule has 1 fully saturated rings. The average molecular weight is 154 g/mol. The Morgan fingerprint density at radius 2 is 1.91 bits per heavy atom. The lowest BCUT2D eigenvalue weighted by molar-refractivity contribution is 0.405. The second-order valence-electron chi connectivity index (χ2n) is 4.27. The van der Waals surface area contributed by atoms with Gasteiger partial charge < -0.3 is 0 Å². The first kappa shape index (κ1) is 9.09. The molecule has 0 radical (unpaired) electrons. The van der Waals surface area contributed by atoms with Gasteiger partial charge in [0.1, 0.15) is 0 Å². The van der Waals surface area contributed by atoms with Gasteiger partial charge >= 0.3 is 0 Å². The smallest absolute Gasteiger partial charge is 0.0388 e. The Labute approximate surface area is 71.4 Å². The van der Waals surface area contributed by atoms with Gasteiger partial charge in [0.15, 0.2) is 0 Å². The summed E-state index contributed by atoms with van der Waals surface area (Å²) in [5.74, 6) is 3.13. The van der Waals surface area contributed by atoms with Crippen molar-refractivity contribution >= 4 is 0 Å². The van der Waals surface area contributed by atoms with Gasteiger partial charge in [-0.2, -0.15) is 0 Å². The van der Waals surface area contributed by atoms with Gasteiger partial charge in [-0.1, -0.05) is 40.0 Å². The standard InChI is InChI=1S/C11H22/c1-4-6-10-7-9(3)11(5-2)8-10/h9-11H,4-8H2,1-3H3. The molecule has 0 nitrogen and oxygen atoms in total. The first-order valence-corrected chi connectivity index (χ1v) is 5.27. The van der Waals surface area contributed by atoms with E-state index in [-0.39, 0.29) is 0 Å². The minimum Gasteiger partial charge on any atom is -0.0654 e. The fourth-order valence-electron chi connectivity index (χ4n) is 2.69. The molecule has 3 atom stereocenters. The topological polar surface area (TPSA) is 0 Å². The Morgan fingerprint density at radius 1 is 1.18 bits per heavy atom. The van der Waals surface area contributed by atoms with Gasteiger partial charge in [-0.25, -0.2) is 0 Å². The minimum absolute atomic E-state index is 1.01. The van der Waals surface area contributed by atoms with Crippen molar-refractivity contribution in [2.24, 2.45) is 17.8 Å². The van der Waals surface area contributed by atoms with E-state index >= 15 is 0 Å². The summed E-state index contributed by atoms with van der Waals surface area (Å²) in [5.41, 5.74) is 0. The third-order valence-corrected chi connectivity index (χ3v) is 3.37. The van der Waals surface area contributed by atoms with Gasteiger partial charge in [-0.15, -0.1) is 0 Å². The van der Waals surface area contributed by atoms with Gasteiger partial charge in [-0.3, -0.25) is 0 Å². The molecule has 3 unspecified atom stereocenters. The zero-order valence-corrected chi connectivity index (χ0v) is 8.27. The second kappa shape index (κ2) is 4.13. The van der Waals surface area contributed by atoms with Crippen LogP contribution >= 0.6 is 0 Å². The lowest BCUT2D eigenvalue weighted by atomic mass is 9.96. The molecule has 0 saturated heterocycles. The van der Waals surface area contributed by atoms with Crippen LogP contribution in [0.4, 0.5) is 0 Å². The van der Waals surface area contributed by atoms with Crippen molar-refractivity contribution in [3.63, 3.8) is 0 Å². The van der Waals surface area contributed by atoms with Crippen LogP contribution in [-0.4, -0.2) is 0 Å². The van der Waals surface area contributed by atoms with Crippen LogP contribution in [0.25, 0.3) is 0 Å². The van der Waals surface area contributed by atoms with E-state index in [4.69, 9.17) is 0 Å². The van der Waals surface area contributed by atoms with E-state index in [1.54, 1.807) is 0 Å². The van der Waals surface area contributed by atoms with Crippen LogP contribution in [0.1, 0.15) is 52.9 Å². The van der Waals surface area contributed by atoms with E-state index in [1.807, 2.05) is 0 Å². The quantitative estimate of drug-likeness (QED) is 0.579. The van der Waals surface area contributed by atoms with Crippen LogP contribution in [-0.2, 0) is 0 Å². The summed E-state index contributed by atoms with van der Waals surface area (Å²) in [6.45, 7) is 7.09. The Hall–Kier alpha value is 0. The highest BCUT2D eigenvalue weighted by molar-refractivity contribution is 4.79. The Balaban J connectivity index is 2.30. The summed E-state index contributed by atoms with van der Waals surface area (Å²) in [6.07, 6.45) is 7.29. The molecule has 0 amide bonds. The Morgan fingerprint density at radius 3 is 2.36 bits per heavy atom. The molecule has 0 aromatic carbocycles. The molecule has 1 aliphatic carbocycles. The van der Waals surface area contributed by atoms with Gasteiger partial charge in [0, 0.05) is 0 Å². The van der Waals surface area contributed by atoms with E-state index in [0.717, 1.165) is 17.8 Å². The predicted octanol–water partition coefficient (Wildman–Crippen LogP) is 3.86. The van der Waals surface area contributed by atoms with Crippen LogP contribution in [0.5, 0.6) is 0 Å². The lowest BCUT2D eigenvalue weighted by Crippen LogP contribution is -2.00. The highest BCUT2D eigenvalue weighted by Crippen LogP contribution is 2.39. The van der Waals surface area contributed by atoms with Gasteiger partial charge in [0.2, 0.25) is 0 Å². The molecule has 1 aliphatic rings. The summed E-state index contributed by atoms with van der Waals surface area (Å²) < 4.78 is 0. The number of rotatable bonds is 3. The molecule has 0 aromatic rings. The minimum atomic E-state index is 1.01.